The highest BCUT2D eigenvalue weighted by Gasteiger charge is 2.19. The molecule has 0 saturated heterocycles. The first-order chi connectivity index (χ1) is 11.9. The normalized spacial score (nSPS) is 11.6. The second-order valence-corrected chi connectivity index (χ2v) is 5.75. The van der Waals surface area contributed by atoms with Gasteiger partial charge in [-0.05, 0) is 35.7 Å². The van der Waals surface area contributed by atoms with Crippen molar-refractivity contribution in [2.24, 2.45) is 17.4 Å². The zero-order chi connectivity index (χ0) is 18.4. The van der Waals surface area contributed by atoms with Gasteiger partial charge in [-0.1, -0.05) is 24.3 Å². The first kappa shape index (κ1) is 18.2. The van der Waals surface area contributed by atoms with E-state index in [4.69, 9.17) is 16.2 Å². The van der Waals surface area contributed by atoms with Crippen LogP contribution in [0.25, 0.3) is 11.1 Å². The van der Waals surface area contributed by atoms with Crippen molar-refractivity contribution in [3.63, 3.8) is 0 Å². The molecule has 0 aliphatic carbocycles. The molecular formula is C19H20N2O4. The van der Waals surface area contributed by atoms with Gasteiger partial charge in [0.1, 0.15) is 12.0 Å². The summed E-state index contributed by atoms with van der Waals surface area (Å²) in [5.74, 6) is -1.17. The molecule has 130 valence electrons. The molecule has 0 spiro atoms. The minimum Gasteiger partial charge on any atom is -0.496 e. The summed E-state index contributed by atoms with van der Waals surface area (Å²) >= 11 is 0. The Labute approximate surface area is 145 Å². The summed E-state index contributed by atoms with van der Waals surface area (Å²) in [5, 5.41) is 0. The number of ether oxygens (including phenoxy) is 1. The predicted molar refractivity (Wildman–Crippen MR) is 94.0 cm³/mol. The largest absolute Gasteiger partial charge is 0.496 e. The zero-order valence-corrected chi connectivity index (χ0v) is 13.9. The van der Waals surface area contributed by atoms with Gasteiger partial charge in [0.05, 0.1) is 13.0 Å². The molecule has 25 heavy (non-hydrogen) atoms. The number of hydrogen-bond acceptors (Lipinski definition) is 4. The minimum atomic E-state index is -0.667. The molecule has 2 amide bonds. The molecule has 0 aromatic heterocycles. The van der Waals surface area contributed by atoms with Crippen LogP contribution in [0.15, 0.2) is 42.5 Å². The molecule has 2 rings (SSSR count). The van der Waals surface area contributed by atoms with E-state index in [1.165, 1.54) is 0 Å². The molecular weight excluding hydrogens is 320 g/mol. The van der Waals surface area contributed by atoms with E-state index in [1.54, 1.807) is 31.4 Å². The molecule has 6 nitrogen and oxygen atoms in total. The van der Waals surface area contributed by atoms with Crippen molar-refractivity contribution in [2.75, 3.05) is 7.11 Å². The van der Waals surface area contributed by atoms with Crippen molar-refractivity contribution in [2.45, 2.75) is 12.8 Å². The summed E-state index contributed by atoms with van der Waals surface area (Å²) < 4.78 is 5.39. The van der Waals surface area contributed by atoms with Crippen LogP contribution in [0, 0.1) is 5.92 Å². The molecule has 2 aromatic carbocycles. The Balaban J connectivity index is 2.40. The number of carbonyl (C=O) groups is 3. The fourth-order valence-electron chi connectivity index (χ4n) is 2.69. The first-order valence-electron chi connectivity index (χ1n) is 7.74. The van der Waals surface area contributed by atoms with Gasteiger partial charge in [-0.2, -0.15) is 0 Å². The van der Waals surface area contributed by atoms with E-state index in [0.29, 0.717) is 17.7 Å². The highest BCUT2D eigenvalue weighted by atomic mass is 16.5. The molecule has 4 N–H and O–H groups in total. The standard InChI is InChI=1S/C19H20N2O4/c1-25-17-6-5-12(7-15(19(21)24)10-18(20)23)9-16(17)14-4-2-3-13(8-14)11-22/h2-6,8-9,11,15H,7,10H2,1H3,(H2,20,23)(H2,21,24). The third kappa shape index (κ3) is 4.67. The molecule has 6 heteroatoms. The maximum atomic E-state index is 11.6. The van der Waals surface area contributed by atoms with Crippen LogP contribution in [-0.4, -0.2) is 25.2 Å². The molecule has 0 saturated carbocycles. The average Bonchev–Trinajstić information content (AvgIpc) is 2.60. The molecule has 0 aliphatic rings. The van der Waals surface area contributed by atoms with Crippen LogP contribution in [0.5, 0.6) is 5.75 Å². The summed E-state index contributed by atoms with van der Waals surface area (Å²) in [4.78, 5) is 33.7. The number of amides is 2. The fraction of sp³-hybridized carbons (Fsp3) is 0.211. The highest BCUT2D eigenvalue weighted by Crippen LogP contribution is 2.32. The monoisotopic (exact) mass is 340 g/mol. The van der Waals surface area contributed by atoms with Crippen LogP contribution >= 0.6 is 0 Å². The number of rotatable bonds is 8. The van der Waals surface area contributed by atoms with E-state index in [0.717, 1.165) is 23.0 Å². The molecule has 0 radical (unpaired) electrons. The van der Waals surface area contributed by atoms with E-state index < -0.39 is 17.7 Å². The lowest BCUT2D eigenvalue weighted by atomic mass is 9.92. The Hall–Kier alpha value is -3.15. The van der Waals surface area contributed by atoms with Crippen LogP contribution < -0.4 is 16.2 Å². The molecule has 1 atom stereocenters. The maximum Gasteiger partial charge on any atom is 0.221 e. The Bertz CT molecular complexity index is 802. The quantitative estimate of drug-likeness (QED) is 0.712. The van der Waals surface area contributed by atoms with Crippen LogP contribution in [0.3, 0.4) is 0 Å². The lowest BCUT2D eigenvalue weighted by Gasteiger charge is -2.15. The van der Waals surface area contributed by atoms with E-state index >= 15 is 0 Å². The number of aldehydes is 1. The molecule has 0 bridgehead atoms. The highest BCUT2D eigenvalue weighted by molar-refractivity contribution is 5.84. The Morgan fingerprint density at radius 3 is 2.52 bits per heavy atom. The fourth-order valence-corrected chi connectivity index (χ4v) is 2.69. The molecule has 0 heterocycles. The molecule has 0 fully saturated rings. The summed E-state index contributed by atoms with van der Waals surface area (Å²) in [6.07, 6.45) is 0.968. The summed E-state index contributed by atoms with van der Waals surface area (Å²) in [5.41, 5.74) is 13.5. The van der Waals surface area contributed by atoms with E-state index in [-0.39, 0.29) is 6.42 Å². The third-order valence-corrected chi connectivity index (χ3v) is 3.93. The van der Waals surface area contributed by atoms with E-state index in [1.807, 2.05) is 18.2 Å². The smallest absolute Gasteiger partial charge is 0.221 e. The second kappa shape index (κ2) is 8.10. The number of hydrogen-bond donors (Lipinski definition) is 2. The van der Waals surface area contributed by atoms with Gasteiger partial charge in [0.25, 0.3) is 0 Å². The Morgan fingerprint density at radius 2 is 1.92 bits per heavy atom. The molecule has 1 unspecified atom stereocenters. The topological polar surface area (TPSA) is 112 Å². The lowest BCUT2D eigenvalue weighted by molar-refractivity contribution is -0.126. The van der Waals surface area contributed by atoms with Gasteiger partial charge in [0.15, 0.2) is 0 Å². The van der Waals surface area contributed by atoms with Gasteiger partial charge >= 0.3 is 0 Å². The molecule has 2 aromatic rings. The minimum absolute atomic E-state index is 0.0999. The van der Waals surface area contributed by atoms with Gasteiger partial charge in [-0.3, -0.25) is 14.4 Å². The Kier molecular flexibility index (Phi) is 5.89. The third-order valence-electron chi connectivity index (χ3n) is 3.93. The van der Waals surface area contributed by atoms with Gasteiger partial charge < -0.3 is 16.2 Å². The number of methoxy groups -OCH3 is 1. The van der Waals surface area contributed by atoms with Gasteiger partial charge in [-0.25, -0.2) is 0 Å². The van der Waals surface area contributed by atoms with Gasteiger partial charge in [0, 0.05) is 17.5 Å². The lowest BCUT2D eigenvalue weighted by Crippen LogP contribution is -2.29. The van der Waals surface area contributed by atoms with Crippen molar-refractivity contribution in [3.05, 3.63) is 53.6 Å². The summed E-state index contributed by atoms with van der Waals surface area (Å²) in [7, 11) is 1.56. The number of nitrogens with two attached hydrogens (primary N) is 2. The van der Waals surface area contributed by atoms with E-state index in [9.17, 15) is 14.4 Å². The maximum absolute atomic E-state index is 11.6. The summed E-state index contributed by atoms with van der Waals surface area (Å²) in [6.45, 7) is 0. The number of primary amides is 2. The SMILES string of the molecule is COc1ccc(CC(CC(N)=O)C(N)=O)cc1-c1cccc(C=O)c1. The number of benzene rings is 2. The van der Waals surface area contributed by atoms with Crippen LogP contribution in [0.2, 0.25) is 0 Å². The van der Waals surface area contributed by atoms with Crippen LogP contribution in [0.1, 0.15) is 22.3 Å². The van der Waals surface area contributed by atoms with Crippen molar-refractivity contribution in [3.8, 4) is 16.9 Å². The van der Waals surface area contributed by atoms with E-state index in [2.05, 4.69) is 0 Å². The van der Waals surface area contributed by atoms with Crippen molar-refractivity contribution in [1.29, 1.82) is 0 Å². The second-order valence-electron chi connectivity index (χ2n) is 5.75. The van der Waals surface area contributed by atoms with Crippen molar-refractivity contribution >= 4 is 18.1 Å². The van der Waals surface area contributed by atoms with Crippen molar-refractivity contribution in [1.82, 2.24) is 0 Å². The first-order valence-corrected chi connectivity index (χ1v) is 7.74. The van der Waals surface area contributed by atoms with Gasteiger partial charge in [-0.15, -0.1) is 0 Å². The molecule has 0 aliphatic heterocycles. The Morgan fingerprint density at radius 1 is 1.16 bits per heavy atom. The zero-order valence-electron chi connectivity index (χ0n) is 13.9. The average molecular weight is 340 g/mol. The predicted octanol–water partition coefficient (Wildman–Crippen LogP) is 1.69. The summed E-state index contributed by atoms with van der Waals surface area (Å²) in [6, 6.07) is 12.6. The number of carbonyl (C=O) groups excluding carboxylic acids is 3. The van der Waals surface area contributed by atoms with Gasteiger partial charge in [0.2, 0.25) is 11.8 Å². The van der Waals surface area contributed by atoms with Crippen LogP contribution in [0.4, 0.5) is 0 Å². The van der Waals surface area contributed by atoms with Crippen LogP contribution in [-0.2, 0) is 16.0 Å². The van der Waals surface area contributed by atoms with Crippen molar-refractivity contribution < 1.29 is 19.1 Å².